The molecule has 0 aliphatic rings. The van der Waals surface area contributed by atoms with Crippen LogP contribution in [-0.2, 0) is 11.8 Å². The second kappa shape index (κ2) is 6.58. The molecule has 0 aliphatic carbocycles. The van der Waals surface area contributed by atoms with E-state index < -0.39 is 0 Å². The number of hydrogen-bond donors (Lipinski definition) is 1. The topological polar surface area (TPSA) is 28.7 Å². The first-order valence-corrected chi connectivity index (χ1v) is 7.86. The molecule has 1 rings (SSSR count). The van der Waals surface area contributed by atoms with Crippen LogP contribution < -0.4 is 0 Å². The minimum Gasteiger partial charge on any atom is -0.345 e. The van der Waals surface area contributed by atoms with Gasteiger partial charge in [-0.05, 0) is 12.3 Å². The van der Waals surface area contributed by atoms with E-state index in [0.29, 0.717) is 11.8 Å². The molecule has 1 aromatic heterocycles. The van der Waals surface area contributed by atoms with Crippen LogP contribution in [0.2, 0.25) is 0 Å². The molecule has 1 heterocycles. The van der Waals surface area contributed by atoms with E-state index in [0.717, 1.165) is 6.42 Å². The highest BCUT2D eigenvalue weighted by molar-refractivity contribution is 5.25. The molecule has 0 saturated heterocycles. The molecule has 2 nitrogen and oxygen atoms in total. The van der Waals surface area contributed by atoms with Crippen molar-refractivity contribution in [3.05, 3.63) is 17.2 Å². The Hall–Kier alpha value is -0.790. The number of aromatic amines is 1. The summed E-state index contributed by atoms with van der Waals surface area (Å²) in [7, 11) is 0. The van der Waals surface area contributed by atoms with Crippen molar-refractivity contribution in [1.82, 2.24) is 9.97 Å². The molecule has 19 heavy (non-hydrogen) atoms. The second-order valence-electron chi connectivity index (χ2n) is 7.19. The van der Waals surface area contributed by atoms with Gasteiger partial charge in [-0.25, -0.2) is 4.98 Å². The highest BCUT2D eigenvalue weighted by atomic mass is 14.9. The van der Waals surface area contributed by atoms with Crippen molar-refractivity contribution in [3.63, 3.8) is 0 Å². The highest BCUT2D eigenvalue weighted by Gasteiger charge is 2.26. The predicted octanol–water partition coefficient (Wildman–Crippen LogP) is 5.20. The van der Waals surface area contributed by atoms with Crippen LogP contribution in [-0.4, -0.2) is 9.97 Å². The SMILES string of the molecule is CCCCCc1nc(C(C)(C)C)c(C(C)C(C)C)[nH]1. The Bertz CT molecular complexity index is 382. The van der Waals surface area contributed by atoms with Crippen LogP contribution in [0.1, 0.15) is 90.9 Å². The van der Waals surface area contributed by atoms with Gasteiger partial charge in [0, 0.05) is 23.4 Å². The van der Waals surface area contributed by atoms with Gasteiger partial charge in [-0.15, -0.1) is 0 Å². The van der Waals surface area contributed by atoms with Crippen molar-refractivity contribution < 1.29 is 0 Å². The van der Waals surface area contributed by atoms with Crippen LogP contribution in [0.25, 0.3) is 0 Å². The smallest absolute Gasteiger partial charge is 0.106 e. The summed E-state index contributed by atoms with van der Waals surface area (Å²) < 4.78 is 0. The molecule has 0 radical (unpaired) electrons. The van der Waals surface area contributed by atoms with Crippen LogP contribution in [0.3, 0.4) is 0 Å². The summed E-state index contributed by atoms with van der Waals surface area (Å²) in [6, 6.07) is 0. The molecule has 110 valence electrons. The minimum atomic E-state index is 0.123. The summed E-state index contributed by atoms with van der Waals surface area (Å²) >= 11 is 0. The number of H-pyrrole nitrogens is 1. The number of aryl methyl sites for hydroxylation is 1. The maximum absolute atomic E-state index is 4.90. The lowest BCUT2D eigenvalue weighted by Gasteiger charge is -2.22. The highest BCUT2D eigenvalue weighted by Crippen LogP contribution is 2.32. The van der Waals surface area contributed by atoms with Crippen LogP contribution in [0.4, 0.5) is 0 Å². The Morgan fingerprint density at radius 1 is 1.11 bits per heavy atom. The second-order valence-corrected chi connectivity index (χ2v) is 7.19. The van der Waals surface area contributed by atoms with Gasteiger partial charge < -0.3 is 4.98 Å². The number of unbranched alkanes of at least 4 members (excludes halogenated alkanes) is 2. The molecule has 1 atom stereocenters. The van der Waals surface area contributed by atoms with E-state index in [1.54, 1.807) is 0 Å². The largest absolute Gasteiger partial charge is 0.345 e. The van der Waals surface area contributed by atoms with Crippen LogP contribution in [0, 0.1) is 5.92 Å². The van der Waals surface area contributed by atoms with Crippen LogP contribution in [0.5, 0.6) is 0 Å². The Kier molecular flexibility index (Phi) is 5.64. The summed E-state index contributed by atoms with van der Waals surface area (Å²) in [4.78, 5) is 8.52. The molecule has 0 aromatic carbocycles. The molecule has 0 saturated carbocycles. The predicted molar refractivity (Wildman–Crippen MR) is 83.8 cm³/mol. The van der Waals surface area contributed by atoms with Gasteiger partial charge in [0.15, 0.2) is 0 Å². The van der Waals surface area contributed by atoms with Gasteiger partial charge in [0.2, 0.25) is 0 Å². The first-order chi connectivity index (χ1) is 8.77. The number of imidazole rings is 1. The van der Waals surface area contributed by atoms with E-state index >= 15 is 0 Å². The Labute approximate surface area is 119 Å². The molecule has 1 aromatic rings. The van der Waals surface area contributed by atoms with Gasteiger partial charge in [-0.2, -0.15) is 0 Å². The molecular formula is C17H32N2. The van der Waals surface area contributed by atoms with Crippen molar-refractivity contribution in [1.29, 1.82) is 0 Å². The van der Waals surface area contributed by atoms with Gasteiger partial charge in [0.05, 0.1) is 5.69 Å². The van der Waals surface area contributed by atoms with Gasteiger partial charge in [0.1, 0.15) is 5.82 Å². The maximum Gasteiger partial charge on any atom is 0.106 e. The number of nitrogens with zero attached hydrogens (tertiary/aromatic N) is 1. The van der Waals surface area contributed by atoms with Crippen molar-refractivity contribution in [2.75, 3.05) is 0 Å². The molecule has 2 heteroatoms. The molecular weight excluding hydrogens is 232 g/mol. The van der Waals surface area contributed by atoms with Crippen molar-refractivity contribution in [2.45, 2.75) is 85.5 Å². The minimum absolute atomic E-state index is 0.123. The Morgan fingerprint density at radius 2 is 1.74 bits per heavy atom. The third kappa shape index (κ3) is 4.36. The summed E-state index contributed by atoms with van der Waals surface area (Å²) in [5.41, 5.74) is 2.74. The van der Waals surface area contributed by atoms with E-state index in [1.165, 1.54) is 36.5 Å². The average molecular weight is 264 g/mol. The molecule has 1 N–H and O–H groups in total. The van der Waals surface area contributed by atoms with Gasteiger partial charge in [0.25, 0.3) is 0 Å². The zero-order chi connectivity index (χ0) is 14.6. The van der Waals surface area contributed by atoms with Crippen molar-refractivity contribution in [2.24, 2.45) is 5.92 Å². The number of nitrogens with one attached hydrogen (secondary N) is 1. The fourth-order valence-electron chi connectivity index (χ4n) is 2.33. The number of hydrogen-bond acceptors (Lipinski definition) is 1. The molecule has 0 aliphatic heterocycles. The Balaban J connectivity index is 2.99. The monoisotopic (exact) mass is 264 g/mol. The quantitative estimate of drug-likeness (QED) is 0.703. The van der Waals surface area contributed by atoms with E-state index in [9.17, 15) is 0 Å². The molecule has 0 amide bonds. The molecule has 1 unspecified atom stereocenters. The maximum atomic E-state index is 4.90. The lowest BCUT2D eigenvalue weighted by atomic mass is 9.84. The summed E-state index contributed by atoms with van der Waals surface area (Å²) in [5.74, 6) is 2.37. The summed E-state index contributed by atoms with van der Waals surface area (Å²) in [6.45, 7) is 15.9. The average Bonchev–Trinajstić information content (AvgIpc) is 2.72. The standard InChI is InChI=1S/C17H32N2/c1-8-9-10-11-14-18-15(13(4)12(2)3)16(19-14)17(5,6)7/h12-13H,8-11H2,1-7H3,(H,18,19). The van der Waals surface area contributed by atoms with E-state index in [-0.39, 0.29) is 5.41 Å². The van der Waals surface area contributed by atoms with Crippen molar-refractivity contribution >= 4 is 0 Å². The molecule has 0 bridgehead atoms. The first-order valence-electron chi connectivity index (χ1n) is 7.86. The van der Waals surface area contributed by atoms with E-state index in [1.807, 2.05) is 0 Å². The van der Waals surface area contributed by atoms with E-state index in [4.69, 9.17) is 4.98 Å². The van der Waals surface area contributed by atoms with Crippen molar-refractivity contribution in [3.8, 4) is 0 Å². The normalized spacial score (nSPS) is 14.1. The lowest BCUT2D eigenvalue weighted by Crippen LogP contribution is -2.17. The van der Waals surface area contributed by atoms with Gasteiger partial charge in [-0.1, -0.05) is 61.3 Å². The van der Waals surface area contributed by atoms with E-state index in [2.05, 4.69) is 53.5 Å². The summed E-state index contributed by atoms with van der Waals surface area (Å²) in [5, 5.41) is 0. The third-order valence-corrected chi connectivity index (χ3v) is 3.96. The van der Waals surface area contributed by atoms with Gasteiger partial charge >= 0.3 is 0 Å². The van der Waals surface area contributed by atoms with Crippen LogP contribution >= 0.6 is 0 Å². The van der Waals surface area contributed by atoms with Gasteiger partial charge in [-0.3, -0.25) is 0 Å². The Morgan fingerprint density at radius 3 is 2.21 bits per heavy atom. The fraction of sp³-hybridized carbons (Fsp3) is 0.824. The first kappa shape index (κ1) is 16.3. The molecule has 0 spiro atoms. The third-order valence-electron chi connectivity index (χ3n) is 3.96. The number of rotatable bonds is 6. The lowest BCUT2D eigenvalue weighted by molar-refractivity contribution is 0.496. The molecule has 0 fully saturated rings. The zero-order valence-corrected chi connectivity index (χ0v) is 13.9. The van der Waals surface area contributed by atoms with Crippen LogP contribution in [0.15, 0.2) is 0 Å². The number of aromatic nitrogens is 2. The zero-order valence-electron chi connectivity index (χ0n) is 13.9. The fourth-order valence-corrected chi connectivity index (χ4v) is 2.33. The summed E-state index contributed by atoms with van der Waals surface area (Å²) in [6.07, 6.45) is 4.88.